The number of hydrogen-bond donors (Lipinski definition) is 1. The highest BCUT2D eigenvalue weighted by atomic mass is 16.5. The summed E-state index contributed by atoms with van der Waals surface area (Å²) in [5, 5.41) is 12.2. The molecule has 0 aliphatic rings. The molecule has 0 spiro atoms. The molecular weight excluding hydrogens is 408 g/mol. The number of nitriles is 1. The largest absolute Gasteiger partial charge is 0.438 e. The summed E-state index contributed by atoms with van der Waals surface area (Å²) in [6.45, 7) is 4.69. The van der Waals surface area contributed by atoms with E-state index in [2.05, 4.69) is 10.3 Å². The molecule has 0 aliphatic carbocycles. The van der Waals surface area contributed by atoms with E-state index in [0.29, 0.717) is 31.0 Å². The Hall–Kier alpha value is -3.96. The Kier molecular flexibility index (Phi) is 7.37. The Morgan fingerprint density at radius 1 is 1.25 bits per heavy atom. The van der Waals surface area contributed by atoms with Gasteiger partial charge in [0.15, 0.2) is 0 Å². The van der Waals surface area contributed by atoms with Gasteiger partial charge >= 0.3 is 0 Å². The number of aromatic nitrogens is 2. The standard InChI is InChI=1S/C24H24N4O4/c1-16-11-17(2)13-19(12-16)32-23-20(24(30)28-9-5-4-7-21(28)27-23)14-18(15-25)22(29)26-8-6-10-31-3/h4-5,7,9,11-14H,6,8,10H2,1-3H3,(H,26,29)/b18-14+. The molecule has 164 valence electrons. The number of methoxy groups -OCH3 is 1. The lowest BCUT2D eigenvalue weighted by Crippen LogP contribution is -2.27. The maximum Gasteiger partial charge on any atom is 0.269 e. The molecule has 0 saturated carbocycles. The number of benzene rings is 1. The van der Waals surface area contributed by atoms with Gasteiger partial charge in [-0.2, -0.15) is 10.2 Å². The predicted octanol–water partition coefficient (Wildman–Crippen LogP) is 3.16. The van der Waals surface area contributed by atoms with Crippen LogP contribution >= 0.6 is 0 Å². The van der Waals surface area contributed by atoms with Gasteiger partial charge in [0, 0.05) is 26.5 Å². The summed E-state index contributed by atoms with van der Waals surface area (Å²) >= 11 is 0. The number of nitrogens with zero attached hydrogens (tertiary/aromatic N) is 3. The molecule has 0 bridgehead atoms. The van der Waals surface area contributed by atoms with Crippen LogP contribution in [-0.2, 0) is 9.53 Å². The number of rotatable bonds is 8. The average Bonchev–Trinajstić information content (AvgIpc) is 2.76. The van der Waals surface area contributed by atoms with Crippen LogP contribution in [0.5, 0.6) is 11.6 Å². The highest BCUT2D eigenvalue weighted by molar-refractivity contribution is 6.01. The first-order valence-electron chi connectivity index (χ1n) is 10.1. The van der Waals surface area contributed by atoms with Crippen LogP contribution in [0.25, 0.3) is 11.7 Å². The molecule has 0 aliphatic heterocycles. The zero-order valence-electron chi connectivity index (χ0n) is 18.2. The molecule has 1 N–H and O–H groups in total. The molecule has 0 unspecified atom stereocenters. The number of amides is 1. The van der Waals surface area contributed by atoms with Crippen molar-refractivity contribution in [1.82, 2.24) is 14.7 Å². The number of carbonyl (C=O) groups excluding carboxylic acids is 1. The van der Waals surface area contributed by atoms with Crippen molar-refractivity contribution in [3.63, 3.8) is 0 Å². The lowest BCUT2D eigenvalue weighted by atomic mass is 10.1. The summed E-state index contributed by atoms with van der Waals surface area (Å²) in [5.41, 5.74) is 1.70. The Balaban J connectivity index is 2.07. The minimum Gasteiger partial charge on any atom is -0.438 e. The van der Waals surface area contributed by atoms with Gasteiger partial charge in [-0.25, -0.2) is 0 Å². The number of hydrogen-bond acceptors (Lipinski definition) is 6. The average molecular weight is 432 g/mol. The van der Waals surface area contributed by atoms with Crippen LogP contribution in [0.3, 0.4) is 0 Å². The third kappa shape index (κ3) is 5.39. The van der Waals surface area contributed by atoms with Crippen LogP contribution < -0.4 is 15.6 Å². The summed E-state index contributed by atoms with van der Waals surface area (Å²) in [6, 6.07) is 12.6. The van der Waals surface area contributed by atoms with Crippen molar-refractivity contribution in [1.29, 1.82) is 5.26 Å². The fraction of sp³-hybridized carbons (Fsp3) is 0.250. The van der Waals surface area contributed by atoms with Crippen LogP contribution in [0, 0.1) is 25.2 Å². The zero-order chi connectivity index (χ0) is 23.1. The van der Waals surface area contributed by atoms with E-state index in [1.54, 1.807) is 31.5 Å². The van der Waals surface area contributed by atoms with Crippen molar-refractivity contribution in [3.05, 3.63) is 75.2 Å². The van der Waals surface area contributed by atoms with Gasteiger partial charge in [-0.3, -0.25) is 14.0 Å². The number of nitrogens with one attached hydrogen (secondary N) is 1. The monoisotopic (exact) mass is 432 g/mol. The van der Waals surface area contributed by atoms with E-state index in [0.717, 1.165) is 11.1 Å². The van der Waals surface area contributed by atoms with Gasteiger partial charge in [-0.15, -0.1) is 0 Å². The van der Waals surface area contributed by atoms with Crippen molar-refractivity contribution in [2.45, 2.75) is 20.3 Å². The van der Waals surface area contributed by atoms with Gasteiger partial charge in [0.1, 0.15) is 28.6 Å². The summed E-state index contributed by atoms with van der Waals surface area (Å²) in [6.07, 6.45) is 3.39. The second-order valence-electron chi connectivity index (χ2n) is 7.26. The summed E-state index contributed by atoms with van der Waals surface area (Å²) < 4.78 is 12.3. The van der Waals surface area contributed by atoms with Crippen LogP contribution in [0.4, 0.5) is 0 Å². The molecule has 0 atom stereocenters. The van der Waals surface area contributed by atoms with Gasteiger partial charge in [0.25, 0.3) is 11.5 Å². The topological polar surface area (TPSA) is 106 Å². The fourth-order valence-electron chi connectivity index (χ4n) is 3.19. The molecular formula is C24H24N4O4. The molecule has 1 amide bonds. The highest BCUT2D eigenvalue weighted by Gasteiger charge is 2.17. The van der Waals surface area contributed by atoms with Crippen LogP contribution in [0.1, 0.15) is 23.1 Å². The van der Waals surface area contributed by atoms with E-state index in [1.807, 2.05) is 38.1 Å². The maximum atomic E-state index is 13.2. The molecule has 2 heterocycles. The number of carbonyl (C=O) groups is 1. The number of ether oxygens (including phenoxy) is 2. The third-order valence-electron chi connectivity index (χ3n) is 4.61. The second-order valence-corrected chi connectivity index (χ2v) is 7.26. The molecule has 3 rings (SSSR count). The Morgan fingerprint density at radius 3 is 2.69 bits per heavy atom. The summed E-state index contributed by atoms with van der Waals surface area (Å²) in [7, 11) is 1.57. The lowest BCUT2D eigenvalue weighted by Gasteiger charge is -2.11. The van der Waals surface area contributed by atoms with Crippen molar-refractivity contribution < 1.29 is 14.3 Å². The van der Waals surface area contributed by atoms with Crippen LogP contribution in [-0.4, -0.2) is 35.6 Å². The second kappa shape index (κ2) is 10.4. The van der Waals surface area contributed by atoms with E-state index < -0.39 is 11.5 Å². The normalized spacial score (nSPS) is 11.2. The van der Waals surface area contributed by atoms with E-state index in [9.17, 15) is 14.9 Å². The third-order valence-corrected chi connectivity index (χ3v) is 4.61. The predicted molar refractivity (Wildman–Crippen MR) is 121 cm³/mol. The van der Waals surface area contributed by atoms with E-state index >= 15 is 0 Å². The van der Waals surface area contributed by atoms with Crippen molar-refractivity contribution in [2.24, 2.45) is 0 Å². The first-order valence-corrected chi connectivity index (χ1v) is 10.1. The molecule has 8 heteroatoms. The Bertz CT molecular complexity index is 1250. The smallest absolute Gasteiger partial charge is 0.269 e. The molecule has 1 aromatic carbocycles. The van der Waals surface area contributed by atoms with Gasteiger partial charge in [-0.05, 0) is 61.7 Å². The van der Waals surface area contributed by atoms with Crippen LogP contribution in [0.15, 0.2) is 53.0 Å². The Labute approximate surface area is 185 Å². The van der Waals surface area contributed by atoms with Gasteiger partial charge in [-0.1, -0.05) is 12.1 Å². The first-order chi connectivity index (χ1) is 15.4. The zero-order valence-corrected chi connectivity index (χ0v) is 18.2. The molecule has 2 aromatic heterocycles. The quantitative estimate of drug-likeness (QED) is 0.333. The molecule has 32 heavy (non-hydrogen) atoms. The van der Waals surface area contributed by atoms with Crippen molar-refractivity contribution >= 4 is 17.6 Å². The van der Waals surface area contributed by atoms with Gasteiger partial charge < -0.3 is 14.8 Å². The minimum absolute atomic E-state index is 0.0106. The first kappa shape index (κ1) is 22.7. The van der Waals surface area contributed by atoms with Crippen molar-refractivity contribution in [2.75, 3.05) is 20.3 Å². The fourth-order valence-corrected chi connectivity index (χ4v) is 3.19. The van der Waals surface area contributed by atoms with Crippen molar-refractivity contribution in [3.8, 4) is 17.7 Å². The molecule has 8 nitrogen and oxygen atoms in total. The van der Waals surface area contributed by atoms with Gasteiger partial charge in [0.05, 0.1) is 0 Å². The minimum atomic E-state index is -0.585. The van der Waals surface area contributed by atoms with E-state index in [1.165, 1.54) is 10.5 Å². The van der Waals surface area contributed by atoms with Gasteiger partial charge in [0.2, 0.25) is 5.88 Å². The summed E-state index contributed by atoms with van der Waals surface area (Å²) in [5.74, 6) is -0.0588. The maximum absolute atomic E-state index is 13.2. The number of aryl methyl sites for hydroxylation is 2. The summed E-state index contributed by atoms with van der Waals surface area (Å²) in [4.78, 5) is 30.1. The molecule has 3 aromatic rings. The molecule has 0 saturated heterocycles. The number of pyridine rings is 1. The molecule has 0 fully saturated rings. The molecule has 0 radical (unpaired) electrons. The van der Waals surface area contributed by atoms with Crippen LogP contribution in [0.2, 0.25) is 0 Å². The van der Waals surface area contributed by atoms with E-state index in [-0.39, 0.29) is 17.0 Å². The Morgan fingerprint density at radius 2 is 2.00 bits per heavy atom. The SMILES string of the molecule is COCCCNC(=O)/C(C#N)=C/c1c(Oc2cc(C)cc(C)c2)nc2ccccn2c1=O. The number of fused-ring (bicyclic) bond motifs is 1. The lowest BCUT2D eigenvalue weighted by molar-refractivity contribution is -0.117. The highest BCUT2D eigenvalue weighted by Crippen LogP contribution is 2.26. The van der Waals surface area contributed by atoms with E-state index in [4.69, 9.17) is 9.47 Å².